The number of likely N-dealkylation sites (tertiary alicyclic amines) is 1. The number of aromatic nitrogens is 2. The second-order valence-corrected chi connectivity index (χ2v) is 11.5. The first-order valence-electron chi connectivity index (χ1n) is 11.0. The van der Waals surface area contributed by atoms with Gasteiger partial charge >= 0.3 is 0 Å². The van der Waals surface area contributed by atoms with Crippen LogP contribution in [0.2, 0.25) is 5.02 Å². The minimum atomic E-state index is -3.23. The van der Waals surface area contributed by atoms with Crippen LogP contribution >= 0.6 is 11.6 Å². The summed E-state index contributed by atoms with van der Waals surface area (Å²) in [7, 11) is -3.23. The zero-order valence-electron chi connectivity index (χ0n) is 18.5. The summed E-state index contributed by atoms with van der Waals surface area (Å²) in [6.45, 7) is 3.42. The van der Waals surface area contributed by atoms with Gasteiger partial charge in [-0.1, -0.05) is 30.7 Å². The van der Waals surface area contributed by atoms with Crippen LogP contribution in [0.4, 0.5) is 0 Å². The Bertz CT molecular complexity index is 1100. The van der Waals surface area contributed by atoms with Gasteiger partial charge in [-0.25, -0.2) is 12.7 Å². The lowest BCUT2D eigenvalue weighted by Crippen LogP contribution is -2.49. The first kappa shape index (κ1) is 23.1. The Morgan fingerprint density at radius 1 is 1.22 bits per heavy atom. The highest BCUT2D eigenvalue weighted by atomic mass is 35.5. The molecular weight excluding hydrogens is 448 g/mol. The Hall–Kier alpha value is -2.03. The molecule has 0 saturated carbocycles. The lowest BCUT2D eigenvalue weighted by molar-refractivity contribution is -0.144. The van der Waals surface area contributed by atoms with E-state index in [1.54, 1.807) is 12.4 Å². The van der Waals surface area contributed by atoms with Gasteiger partial charge in [0.25, 0.3) is 0 Å². The molecule has 9 heteroatoms. The van der Waals surface area contributed by atoms with Gasteiger partial charge in [-0.3, -0.25) is 14.8 Å². The van der Waals surface area contributed by atoms with Crippen LogP contribution in [-0.2, 0) is 21.2 Å². The monoisotopic (exact) mass is 476 g/mol. The molecular formula is C23H29ClN4O3S. The Kier molecular flexibility index (Phi) is 6.56. The van der Waals surface area contributed by atoms with Crippen LogP contribution in [0.15, 0.2) is 36.7 Å². The SMILES string of the molecule is CC1(C(=O)N2CCCC2c2cncc(Cc3cccc(Cl)c3)n2)CCN(S(C)(=O)=O)CC1. The van der Waals surface area contributed by atoms with Gasteiger partial charge in [0, 0.05) is 42.7 Å². The van der Waals surface area contributed by atoms with E-state index in [0.717, 1.165) is 29.8 Å². The predicted molar refractivity (Wildman–Crippen MR) is 124 cm³/mol. The molecule has 0 bridgehead atoms. The molecule has 1 aromatic carbocycles. The van der Waals surface area contributed by atoms with Crippen LogP contribution in [0.5, 0.6) is 0 Å². The molecule has 0 aliphatic carbocycles. The number of amides is 1. The minimum Gasteiger partial charge on any atom is -0.334 e. The Balaban J connectivity index is 1.49. The molecule has 2 aliphatic rings. The second kappa shape index (κ2) is 9.08. The van der Waals surface area contributed by atoms with Gasteiger partial charge in [0.1, 0.15) is 0 Å². The van der Waals surface area contributed by atoms with Gasteiger partial charge in [0.2, 0.25) is 15.9 Å². The summed E-state index contributed by atoms with van der Waals surface area (Å²) in [5, 5.41) is 0.689. The van der Waals surface area contributed by atoms with E-state index in [4.69, 9.17) is 16.6 Å². The van der Waals surface area contributed by atoms with Crippen molar-refractivity contribution in [3.63, 3.8) is 0 Å². The predicted octanol–water partition coefficient (Wildman–Crippen LogP) is 3.45. The summed E-state index contributed by atoms with van der Waals surface area (Å²) in [4.78, 5) is 24.7. The van der Waals surface area contributed by atoms with E-state index in [1.807, 2.05) is 36.1 Å². The van der Waals surface area contributed by atoms with Crippen LogP contribution in [-0.4, -0.2) is 59.4 Å². The highest BCUT2D eigenvalue weighted by Gasteiger charge is 2.44. The highest BCUT2D eigenvalue weighted by Crippen LogP contribution is 2.39. The van der Waals surface area contributed by atoms with Crippen molar-refractivity contribution in [3.05, 3.63) is 58.6 Å². The summed E-state index contributed by atoms with van der Waals surface area (Å²) in [5.74, 6) is 0.0928. The molecule has 2 fully saturated rings. The summed E-state index contributed by atoms with van der Waals surface area (Å²) < 4.78 is 25.2. The van der Waals surface area contributed by atoms with E-state index in [-0.39, 0.29) is 11.9 Å². The molecule has 2 aromatic rings. The first-order valence-corrected chi connectivity index (χ1v) is 13.2. The zero-order chi connectivity index (χ0) is 22.9. The summed E-state index contributed by atoms with van der Waals surface area (Å²) in [6, 6.07) is 7.59. The maximum atomic E-state index is 13.6. The van der Waals surface area contributed by atoms with Crippen LogP contribution in [0.25, 0.3) is 0 Å². The number of hydrogen-bond acceptors (Lipinski definition) is 5. The average molecular weight is 477 g/mol. The van der Waals surface area contributed by atoms with Crippen molar-refractivity contribution in [2.45, 2.75) is 45.1 Å². The van der Waals surface area contributed by atoms with E-state index < -0.39 is 15.4 Å². The maximum Gasteiger partial charge on any atom is 0.229 e. The number of carbonyl (C=O) groups is 1. The third-order valence-electron chi connectivity index (χ3n) is 6.64. The van der Waals surface area contributed by atoms with Crippen LogP contribution < -0.4 is 0 Å². The third kappa shape index (κ3) is 4.97. The molecule has 0 spiro atoms. The number of piperidine rings is 1. The fourth-order valence-corrected chi connectivity index (χ4v) is 5.77. The van der Waals surface area contributed by atoms with Crippen molar-refractivity contribution in [2.24, 2.45) is 5.41 Å². The third-order valence-corrected chi connectivity index (χ3v) is 8.18. The molecule has 7 nitrogen and oxygen atoms in total. The van der Waals surface area contributed by atoms with E-state index >= 15 is 0 Å². The lowest BCUT2D eigenvalue weighted by atomic mass is 9.79. The minimum absolute atomic E-state index is 0.0928. The molecule has 0 N–H and O–H groups in total. The number of hydrogen-bond donors (Lipinski definition) is 0. The number of nitrogens with zero attached hydrogens (tertiary/aromatic N) is 4. The Labute approximate surface area is 194 Å². The maximum absolute atomic E-state index is 13.6. The number of sulfonamides is 1. The average Bonchev–Trinajstić information content (AvgIpc) is 3.23. The van der Waals surface area contributed by atoms with Gasteiger partial charge in [-0.05, 0) is 43.4 Å². The molecule has 172 valence electrons. The smallest absolute Gasteiger partial charge is 0.229 e. The van der Waals surface area contributed by atoms with Crippen molar-refractivity contribution >= 4 is 27.5 Å². The second-order valence-electron chi connectivity index (χ2n) is 9.12. The van der Waals surface area contributed by atoms with Crippen LogP contribution in [0.1, 0.15) is 55.6 Å². The van der Waals surface area contributed by atoms with E-state index in [1.165, 1.54) is 10.6 Å². The molecule has 4 rings (SSSR count). The lowest BCUT2D eigenvalue weighted by Gasteiger charge is -2.40. The summed E-state index contributed by atoms with van der Waals surface area (Å²) in [5.41, 5.74) is 2.16. The molecule has 32 heavy (non-hydrogen) atoms. The fourth-order valence-electron chi connectivity index (χ4n) is 4.71. The molecule has 0 radical (unpaired) electrons. The highest BCUT2D eigenvalue weighted by molar-refractivity contribution is 7.88. The van der Waals surface area contributed by atoms with E-state index in [2.05, 4.69) is 4.98 Å². The van der Waals surface area contributed by atoms with Crippen molar-refractivity contribution < 1.29 is 13.2 Å². The van der Waals surface area contributed by atoms with Gasteiger partial charge in [0.15, 0.2) is 0 Å². The molecule has 2 saturated heterocycles. The standard InChI is InChI=1S/C23H29ClN4O3S/c1-23(8-11-27(12-9-23)32(2,30)31)22(29)28-10-4-7-21(28)20-16-25-15-19(26-20)14-17-5-3-6-18(24)13-17/h3,5-6,13,15-16,21H,4,7-12,14H2,1-2H3. The van der Waals surface area contributed by atoms with E-state index in [0.29, 0.717) is 43.9 Å². The number of halogens is 1. The van der Waals surface area contributed by atoms with Gasteiger partial charge in [-0.2, -0.15) is 0 Å². The van der Waals surface area contributed by atoms with Crippen molar-refractivity contribution in [1.29, 1.82) is 0 Å². The molecule has 1 unspecified atom stereocenters. The zero-order valence-corrected chi connectivity index (χ0v) is 20.1. The van der Waals surface area contributed by atoms with Gasteiger partial charge < -0.3 is 4.90 Å². The normalized spacial score (nSPS) is 21.6. The number of rotatable bonds is 5. The number of carbonyl (C=O) groups excluding carboxylic acids is 1. The van der Waals surface area contributed by atoms with Crippen molar-refractivity contribution in [1.82, 2.24) is 19.2 Å². The molecule has 1 atom stereocenters. The van der Waals surface area contributed by atoms with Gasteiger partial charge in [-0.15, -0.1) is 0 Å². The Morgan fingerprint density at radius 3 is 2.66 bits per heavy atom. The van der Waals surface area contributed by atoms with Crippen molar-refractivity contribution in [3.8, 4) is 0 Å². The number of benzene rings is 1. The quantitative estimate of drug-likeness (QED) is 0.660. The van der Waals surface area contributed by atoms with Crippen LogP contribution in [0.3, 0.4) is 0 Å². The van der Waals surface area contributed by atoms with Crippen molar-refractivity contribution in [2.75, 3.05) is 25.9 Å². The van der Waals surface area contributed by atoms with Crippen LogP contribution in [0, 0.1) is 5.41 Å². The molecule has 3 heterocycles. The topological polar surface area (TPSA) is 83.5 Å². The van der Waals surface area contributed by atoms with Gasteiger partial charge in [0.05, 0.1) is 29.9 Å². The first-order chi connectivity index (χ1) is 15.2. The Morgan fingerprint density at radius 2 is 1.97 bits per heavy atom. The summed E-state index contributed by atoms with van der Waals surface area (Å²) in [6.07, 6.45) is 8.20. The summed E-state index contributed by atoms with van der Waals surface area (Å²) >= 11 is 6.10. The fraction of sp³-hybridized carbons (Fsp3) is 0.522. The van der Waals surface area contributed by atoms with E-state index in [9.17, 15) is 13.2 Å². The molecule has 1 aromatic heterocycles. The molecule has 2 aliphatic heterocycles. The largest absolute Gasteiger partial charge is 0.334 e. The molecule has 1 amide bonds.